The molecular formula is C12H13NO2. The molecule has 78 valence electrons. The van der Waals surface area contributed by atoms with Gasteiger partial charge in [0.2, 0.25) is 5.91 Å². The van der Waals surface area contributed by atoms with Gasteiger partial charge >= 0.3 is 0 Å². The molecule has 1 aromatic rings. The lowest BCUT2D eigenvalue weighted by Gasteiger charge is -1.96. The van der Waals surface area contributed by atoms with Crippen molar-refractivity contribution in [1.29, 1.82) is 0 Å². The Labute approximate surface area is 88.8 Å². The maximum atomic E-state index is 11.2. The highest BCUT2D eigenvalue weighted by Crippen LogP contribution is 2.00. The summed E-state index contributed by atoms with van der Waals surface area (Å²) in [5.41, 5.74) is 0.927. The summed E-state index contributed by atoms with van der Waals surface area (Å²) in [5.74, 6) is -0.650. The topological polar surface area (TPSA) is 46.2 Å². The number of hydrogen-bond acceptors (Lipinski definition) is 2. The zero-order valence-electron chi connectivity index (χ0n) is 8.57. The van der Waals surface area contributed by atoms with Gasteiger partial charge in [0.25, 0.3) is 5.91 Å². The molecule has 0 bridgehead atoms. The molecule has 0 unspecified atom stereocenters. The monoisotopic (exact) mass is 203 g/mol. The summed E-state index contributed by atoms with van der Waals surface area (Å²) < 4.78 is 0. The van der Waals surface area contributed by atoms with E-state index >= 15 is 0 Å². The van der Waals surface area contributed by atoms with E-state index in [4.69, 9.17) is 0 Å². The Morgan fingerprint density at radius 1 is 1.27 bits per heavy atom. The van der Waals surface area contributed by atoms with Gasteiger partial charge in [-0.3, -0.25) is 14.9 Å². The predicted molar refractivity (Wildman–Crippen MR) is 58.9 cm³/mol. The van der Waals surface area contributed by atoms with Crippen LogP contribution in [0.5, 0.6) is 0 Å². The molecule has 1 N–H and O–H groups in total. The van der Waals surface area contributed by atoms with Crippen molar-refractivity contribution in [2.24, 2.45) is 0 Å². The molecular weight excluding hydrogens is 190 g/mol. The van der Waals surface area contributed by atoms with Gasteiger partial charge in [0.1, 0.15) is 0 Å². The summed E-state index contributed by atoms with van der Waals surface area (Å²) in [7, 11) is 0. The van der Waals surface area contributed by atoms with Crippen LogP contribution in [0.1, 0.15) is 18.9 Å². The minimum Gasteiger partial charge on any atom is -0.293 e. The van der Waals surface area contributed by atoms with Crippen molar-refractivity contribution in [2.45, 2.75) is 13.3 Å². The fourth-order valence-corrected chi connectivity index (χ4v) is 1.00. The lowest BCUT2D eigenvalue weighted by molar-refractivity contribution is -0.127. The normalized spacial score (nSPS) is 10.2. The maximum Gasteiger partial charge on any atom is 0.250 e. The van der Waals surface area contributed by atoms with Gasteiger partial charge in [-0.05, 0) is 11.6 Å². The van der Waals surface area contributed by atoms with E-state index in [0.717, 1.165) is 5.56 Å². The van der Waals surface area contributed by atoms with E-state index < -0.39 is 0 Å². The Bertz CT molecular complexity index is 368. The Hall–Kier alpha value is -1.90. The molecule has 0 spiro atoms. The lowest BCUT2D eigenvalue weighted by Crippen LogP contribution is -2.27. The van der Waals surface area contributed by atoms with Crippen LogP contribution < -0.4 is 5.32 Å². The van der Waals surface area contributed by atoms with Crippen LogP contribution in [-0.2, 0) is 9.59 Å². The molecule has 1 rings (SSSR count). The van der Waals surface area contributed by atoms with Gasteiger partial charge in [-0.15, -0.1) is 0 Å². The van der Waals surface area contributed by atoms with E-state index in [1.54, 1.807) is 13.0 Å². The summed E-state index contributed by atoms with van der Waals surface area (Å²) in [5, 5.41) is 2.24. The molecule has 3 heteroatoms. The van der Waals surface area contributed by atoms with E-state index in [1.165, 1.54) is 6.08 Å². The van der Waals surface area contributed by atoms with Crippen molar-refractivity contribution in [3.05, 3.63) is 42.0 Å². The number of benzene rings is 1. The summed E-state index contributed by atoms with van der Waals surface area (Å²) >= 11 is 0. The maximum absolute atomic E-state index is 11.2. The van der Waals surface area contributed by atoms with Gasteiger partial charge < -0.3 is 0 Å². The van der Waals surface area contributed by atoms with Crippen LogP contribution in [0.4, 0.5) is 0 Å². The molecule has 0 saturated carbocycles. The minimum atomic E-state index is -0.384. The first-order valence-corrected chi connectivity index (χ1v) is 4.79. The number of imide groups is 1. The number of carbonyl (C=O) groups excluding carboxylic acids is 2. The van der Waals surface area contributed by atoms with Gasteiger partial charge in [-0.2, -0.15) is 0 Å². The number of carbonyl (C=O) groups is 2. The summed E-state index contributed by atoms with van der Waals surface area (Å²) in [6, 6.07) is 9.43. The van der Waals surface area contributed by atoms with E-state index in [1.807, 2.05) is 30.3 Å². The van der Waals surface area contributed by atoms with E-state index in [2.05, 4.69) is 5.32 Å². The second-order valence-electron chi connectivity index (χ2n) is 3.01. The zero-order valence-corrected chi connectivity index (χ0v) is 8.57. The Morgan fingerprint density at radius 2 is 1.93 bits per heavy atom. The highest BCUT2D eigenvalue weighted by molar-refractivity contribution is 6.02. The highest BCUT2D eigenvalue weighted by Gasteiger charge is 2.00. The quantitative estimate of drug-likeness (QED) is 0.761. The Morgan fingerprint density at radius 3 is 2.53 bits per heavy atom. The Kier molecular flexibility index (Phi) is 4.29. The lowest BCUT2D eigenvalue weighted by atomic mass is 10.2. The summed E-state index contributed by atoms with van der Waals surface area (Å²) in [6.07, 6.45) is 3.33. The van der Waals surface area contributed by atoms with Crippen molar-refractivity contribution < 1.29 is 9.59 Å². The molecule has 0 atom stereocenters. The average Bonchev–Trinajstić information content (AvgIpc) is 2.27. The second-order valence-corrected chi connectivity index (χ2v) is 3.01. The van der Waals surface area contributed by atoms with Crippen LogP contribution in [0, 0.1) is 0 Å². The second kappa shape index (κ2) is 5.75. The van der Waals surface area contributed by atoms with E-state index in [-0.39, 0.29) is 11.8 Å². The number of hydrogen-bond donors (Lipinski definition) is 1. The molecule has 15 heavy (non-hydrogen) atoms. The van der Waals surface area contributed by atoms with Crippen LogP contribution in [0.3, 0.4) is 0 Å². The molecule has 0 heterocycles. The van der Waals surface area contributed by atoms with Crippen LogP contribution >= 0.6 is 0 Å². The molecule has 0 saturated heterocycles. The molecule has 0 aliphatic rings. The van der Waals surface area contributed by atoms with Crippen molar-refractivity contribution in [3.8, 4) is 0 Å². The van der Waals surface area contributed by atoms with Crippen molar-refractivity contribution in [3.63, 3.8) is 0 Å². The van der Waals surface area contributed by atoms with E-state index in [0.29, 0.717) is 6.42 Å². The minimum absolute atomic E-state index is 0.266. The Balaban J connectivity index is 2.52. The standard InChI is InChI=1S/C12H13NO2/c1-2-11(14)13-12(15)9-8-10-6-4-3-5-7-10/h3-9H,2H2,1H3,(H,13,14,15). The van der Waals surface area contributed by atoms with Gasteiger partial charge in [0, 0.05) is 12.5 Å². The van der Waals surface area contributed by atoms with Gasteiger partial charge in [-0.1, -0.05) is 37.3 Å². The number of rotatable bonds is 3. The highest BCUT2D eigenvalue weighted by atomic mass is 16.2. The first-order valence-electron chi connectivity index (χ1n) is 4.79. The predicted octanol–water partition coefficient (Wildman–Crippen LogP) is 1.75. The van der Waals surface area contributed by atoms with E-state index in [9.17, 15) is 9.59 Å². The van der Waals surface area contributed by atoms with Gasteiger partial charge in [0.05, 0.1) is 0 Å². The number of amides is 2. The molecule has 0 aliphatic heterocycles. The largest absolute Gasteiger partial charge is 0.293 e. The molecule has 0 radical (unpaired) electrons. The third-order valence-corrected chi connectivity index (χ3v) is 1.81. The molecule has 0 aliphatic carbocycles. The van der Waals surface area contributed by atoms with Crippen LogP contribution in [0.2, 0.25) is 0 Å². The molecule has 2 amide bonds. The van der Waals surface area contributed by atoms with Gasteiger partial charge in [0.15, 0.2) is 0 Å². The SMILES string of the molecule is CCC(=O)NC(=O)C=Cc1ccccc1. The average molecular weight is 203 g/mol. The van der Waals surface area contributed by atoms with Crippen molar-refractivity contribution in [1.82, 2.24) is 5.32 Å². The zero-order chi connectivity index (χ0) is 11.1. The fourth-order valence-electron chi connectivity index (χ4n) is 1.00. The third kappa shape index (κ3) is 4.22. The van der Waals surface area contributed by atoms with Gasteiger partial charge in [-0.25, -0.2) is 0 Å². The number of nitrogens with one attached hydrogen (secondary N) is 1. The molecule has 0 fully saturated rings. The fraction of sp³-hybridized carbons (Fsp3) is 0.167. The van der Waals surface area contributed by atoms with Crippen molar-refractivity contribution in [2.75, 3.05) is 0 Å². The molecule has 1 aromatic carbocycles. The molecule has 0 aromatic heterocycles. The first kappa shape index (κ1) is 11.2. The summed E-state index contributed by atoms with van der Waals surface area (Å²) in [6.45, 7) is 1.70. The summed E-state index contributed by atoms with van der Waals surface area (Å²) in [4.78, 5) is 22.0. The molecule has 3 nitrogen and oxygen atoms in total. The van der Waals surface area contributed by atoms with Crippen LogP contribution in [-0.4, -0.2) is 11.8 Å². The third-order valence-electron chi connectivity index (χ3n) is 1.81. The van der Waals surface area contributed by atoms with Crippen molar-refractivity contribution >= 4 is 17.9 Å². The van der Waals surface area contributed by atoms with Crippen LogP contribution in [0.15, 0.2) is 36.4 Å². The first-order chi connectivity index (χ1) is 7.22. The van der Waals surface area contributed by atoms with Crippen LogP contribution in [0.25, 0.3) is 6.08 Å². The smallest absolute Gasteiger partial charge is 0.250 e.